The van der Waals surface area contributed by atoms with E-state index in [9.17, 15) is 8.42 Å². The Balaban J connectivity index is 2.81. The van der Waals surface area contributed by atoms with Gasteiger partial charge in [0.05, 0.1) is 0 Å². The fourth-order valence-corrected chi connectivity index (χ4v) is 3.96. The van der Waals surface area contributed by atoms with Crippen LogP contribution in [0, 0.1) is 5.92 Å². The van der Waals surface area contributed by atoms with Crippen molar-refractivity contribution in [2.75, 3.05) is 0 Å². The van der Waals surface area contributed by atoms with Crippen molar-refractivity contribution in [3.05, 3.63) is 17.0 Å². The molecule has 1 aromatic heterocycles. The summed E-state index contributed by atoms with van der Waals surface area (Å²) in [5, 5.41) is 1.78. The first-order valence-electron chi connectivity index (χ1n) is 5.70. The van der Waals surface area contributed by atoms with E-state index in [4.69, 9.17) is 5.73 Å². The third kappa shape index (κ3) is 3.77. The van der Waals surface area contributed by atoms with Gasteiger partial charge in [0, 0.05) is 12.6 Å². The lowest BCUT2D eigenvalue weighted by atomic mass is 10.0. The van der Waals surface area contributed by atoms with Crippen LogP contribution in [-0.4, -0.2) is 14.5 Å². The number of hydrogen-bond donors (Lipinski definition) is 2. The molecule has 0 aliphatic rings. The molecular weight excluding hydrogens is 256 g/mol. The van der Waals surface area contributed by atoms with E-state index < -0.39 is 10.0 Å². The van der Waals surface area contributed by atoms with Gasteiger partial charge < -0.3 is 5.73 Å². The van der Waals surface area contributed by atoms with Crippen molar-refractivity contribution in [3.8, 4) is 0 Å². The van der Waals surface area contributed by atoms with Crippen LogP contribution >= 0.6 is 11.3 Å². The Labute approximate surface area is 107 Å². The van der Waals surface area contributed by atoms with Crippen molar-refractivity contribution in [2.24, 2.45) is 11.7 Å². The molecule has 98 valence electrons. The SMILES string of the molecule is CCC(C)C(C)NS(=O)(=O)c1cc(CN)cs1. The van der Waals surface area contributed by atoms with Crippen molar-refractivity contribution >= 4 is 21.4 Å². The van der Waals surface area contributed by atoms with E-state index in [1.54, 1.807) is 11.4 Å². The number of sulfonamides is 1. The first kappa shape index (κ1) is 14.6. The van der Waals surface area contributed by atoms with E-state index in [0.29, 0.717) is 16.7 Å². The van der Waals surface area contributed by atoms with Gasteiger partial charge in [0.25, 0.3) is 0 Å². The van der Waals surface area contributed by atoms with Crippen molar-refractivity contribution in [1.29, 1.82) is 0 Å². The topological polar surface area (TPSA) is 72.2 Å². The van der Waals surface area contributed by atoms with Crippen LogP contribution in [0.4, 0.5) is 0 Å². The summed E-state index contributed by atoms with van der Waals surface area (Å²) in [6.07, 6.45) is 0.947. The Morgan fingerprint density at radius 3 is 2.59 bits per heavy atom. The summed E-state index contributed by atoms with van der Waals surface area (Å²) < 4.78 is 27.1. The second kappa shape index (κ2) is 5.95. The Bertz CT molecular complexity index is 454. The molecule has 0 saturated heterocycles. The van der Waals surface area contributed by atoms with Crippen LogP contribution in [0.15, 0.2) is 15.7 Å². The minimum Gasteiger partial charge on any atom is -0.326 e. The summed E-state index contributed by atoms with van der Waals surface area (Å²) in [4.78, 5) is 0. The average Bonchev–Trinajstić information content (AvgIpc) is 2.76. The van der Waals surface area contributed by atoms with Crippen LogP contribution in [-0.2, 0) is 16.6 Å². The molecule has 4 nitrogen and oxygen atoms in total. The molecule has 2 atom stereocenters. The molecule has 1 heterocycles. The maximum atomic E-state index is 12.1. The molecule has 3 N–H and O–H groups in total. The van der Waals surface area contributed by atoms with E-state index in [1.165, 1.54) is 11.3 Å². The third-order valence-corrected chi connectivity index (χ3v) is 6.02. The molecule has 0 aliphatic carbocycles. The summed E-state index contributed by atoms with van der Waals surface area (Å²) in [6.45, 7) is 6.34. The molecule has 0 amide bonds. The molecule has 0 saturated carbocycles. The van der Waals surface area contributed by atoms with E-state index in [0.717, 1.165) is 12.0 Å². The van der Waals surface area contributed by atoms with Gasteiger partial charge in [-0.3, -0.25) is 0 Å². The summed E-state index contributed by atoms with van der Waals surface area (Å²) in [5.41, 5.74) is 6.32. The molecule has 0 aliphatic heterocycles. The summed E-state index contributed by atoms with van der Waals surface area (Å²) in [6, 6.07) is 1.57. The second-order valence-electron chi connectivity index (χ2n) is 4.27. The van der Waals surface area contributed by atoms with Crippen molar-refractivity contribution in [3.63, 3.8) is 0 Å². The minimum atomic E-state index is -3.39. The summed E-state index contributed by atoms with van der Waals surface area (Å²) >= 11 is 1.21. The van der Waals surface area contributed by atoms with Crippen molar-refractivity contribution in [2.45, 2.75) is 44.0 Å². The van der Waals surface area contributed by atoms with Crippen molar-refractivity contribution in [1.82, 2.24) is 4.72 Å². The van der Waals surface area contributed by atoms with Crippen LogP contribution in [0.2, 0.25) is 0 Å². The Kier molecular flexibility index (Phi) is 5.12. The number of rotatable bonds is 6. The molecule has 0 bridgehead atoms. The highest BCUT2D eigenvalue weighted by molar-refractivity contribution is 7.91. The molecule has 0 fully saturated rings. The molecule has 6 heteroatoms. The van der Waals surface area contributed by atoms with Crippen LogP contribution in [0.3, 0.4) is 0 Å². The molecule has 0 aromatic carbocycles. The highest BCUT2D eigenvalue weighted by atomic mass is 32.2. The molecule has 0 spiro atoms. The van der Waals surface area contributed by atoms with Crippen LogP contribution in [0.25, 0.3) is 0 Å². The summed E-state index contributed by atoms with van der Waals surface area (Å²) in [7, 11) is -3.39. The van der Waals surface area contributed by atoms with E-state index in [1.807, 2.05) is 20.8 Å². The molecule has 0 radical (unpaired) electrons. The molecule has 1 aromatic rings. The Morgan fingerprint density at radius 1 is 1.47 bits per heavy atom. The molecule has 2 unspecified atom stereocenters. The minimum absolute atomic E-state index is 0.0616. The maximum absolute atomic E-state index is 12.1. The smallest absolute Gasteiger partial charge is 0.250 e. The molecular formula is C11H20N2O2S2. The zero-order valence-corrected chi connectivity index (χ0v) is 12.1. The monoisotopic (exact) mass is 276 g/mol. The zero-order chi connectivity index (χ0) is 13.1. The normalized spacial score (nSPS) is 15.8. The highest BCUT2D eigenvalue weighted by Gasteiger charge is 2.21. The predicted octanol–water partition coefficient (Wildman–Crippen LogP) is 1.92. The van der Waals surface area contributed by atoms with Crippen LogP contribution in [0.1, 0.15) is 32.8 Å². The van der Waals surface area contributed by atoms with E-state index in [-0.39, 0.29) is 6.04 Å². The maximum Gasteiger partial charge on any atom is 0.250 e. The van der Waals surface area contributed by atoms with Gasteiger partial charge in [-0.15, -0.1) is 11.3 Å². The van der Waals surface area contributed by atoms with Crippen LogP contribution < -0.4 is 10.5 Å². The van der Waals surface area contributed by atoms with Gasteiger partial charge in [-0.05, 0) is 29.9 Å². The fourth-order valence-electron chi connectivity index (χ4n) is 1.37. The first-order valence-corrected chi connectivity index (χ1v) is 8.06. The number of nitrogens with two attached hydrogens (primary N) is 1. The third-order valence-electron chi connectivity index (χ3n) is 2.97. The van der Waals surface area contributed by atoms with Gasteiger partial charge in [0.15, 0.2) is 0 Å². The standard InChI is InChI=1S/C11H20N2O2S2/c1-4-8(2)9(3)13-17(14,15)11-5-10(6-12)7-16-11/h5,7-9,13H,4,6,12H2,1-3H3. The van der Waals surface area contributed by atoms with Gasteiger partial charge in [-0.25, -0.2) is 13.1 Å². The van der Waals surface area contributed by atoms with E-state index >= 15 is 0 Å². The van der Waals surface area contributed by atoms with E-state index in [2.05, 4.69) is 4.72 Å². The van der Waals surface area contributed by atoms with Crippen LogP contribution in [0.5, 0.6) is 0 Å². The predicted molar refractivity (Wildman–Crippen MR) is 71.4 cm³/mol. The number of thiophene rings is 1. The second-order valence-corrected chi connectivity index (χ2v) is 7.13. The largest absolute Gasteiger partial charge is 0.326 e. The quantitative estimate of drug-likeness (QED) is 0.834. The number of nitrogens with one attached hydrogen (secondary N) is 1. The molecule has 17 heavy (non-hydrogen) atoms. The van der Waals surface area contributed by atoms with Gasteiger partial charge in [-0.2, -0.15) is 0 Å². The van der Waals surface area contributed by atoms with Gasteiger partial charge >= 0.3 is 0 Å². The van der Waals surface area contributed by atoms with Gasteiger partial charge in [0.1, 0.15) is 4.21 Å². The average molecular weight is 276 g/mol. The van der Waals surface area contributed by atoms with Crippen molar-refractivity contribution < 1.29 is 8.42 Å². The lowest BCUT2D eigenvalue weighted by Crippen LogP contribution is -2.36. The fraction of sp³-hybridized carbons (Fsp3) is 0.636. The molecule has 1 rings (SSSR count). The Morgan fingerprint density at radius 2 is 2.12 bits per heavy atom. The zero-order valence-electron chi connectivity index (χ0n) is 10.4. The highest BCUT2D eigenvalue weighted by Crippen LogP contribution is 2.21. The Hall–Kier alpha value is -0.430. The number of hydrogen-bond acceptors (Lipinski definition) is 4. The van der Waals surface area contributed by atoms with Gasteiger partial charge in [0.2, 0.25) is 10.0 Å². The lowest BCUT2D eigenvalue weighted by molar-refractivity contribution is 0.434. The lowest BCUT2D eigenvalue weighted by Gasteiger charge is -2.19. The summed E-state index contributed by atoms with van der Waals surface area (Å²) in [5.74, 6) is 0.318. The first-order chi connectivity index (χ1) is 7.90. The van der Waals surface area contributed by atoms with Gasteiger partial charge in [-0.1, -0.05) is 20.3 Å².